The van der Waals surface area contributed by atoms with E-state index in [-0.39, 0.29) is 29.9 Å². The second kappa shape index (κ2) is 6.07. The van der Waals surface area contributed by atoms with Gasteiger partial charge in [-0.25, -0.2) is 0 Å². The fourth-order valence-electron chi connectivity index (χ4n) is 3.86. The van der Waals surface area contributed by atoms with Crippen LogP contribution in [0.2, 0.25) is 0 Å². The number of carbonyl (C=O) groups is 1. The minimum absolute atomic E-state index is 0.0103. The quantitative estimate of drug-likeness (QED) is 0.794. The van der Waals surface area contributed by atoms with Crippen LogP contribution in [-0.4, -0.2) is 34.9 Å². The van der Waals surface area contributed by atoms with Crippen LogP contribution in [-0.2, 0) is 10.2 Å². The van der Waals surface area contributed by atoms with Gasteiger partial charge in [-0.3, -0.25) is 4.79 Å². The number of nitrogens with one attached hydrogen (secondary N) is 1. The summed E-state index contributed by atoms with van der Waals surface area (Å²) in [6, 6.07) is 4.06. The second-order valence-corrected chi connectivity index (χ2v) is 7.37. The molecular formula is C16H23NO3S. The first-order valence-corrected chi connectivity index (χ1v) is 8.67. The van der Waals surface area contributed by atoms with Crippen LogP contribution < -0.4 is 5.32 Å². The van der Waals surface area contributed by atoms with E-state index in [1.54, 1.807) is 11.3 Å². The molecule has 0 spiro atoms. The molecule has 3 N–H and O–H groups in total. The van der Waals surface area contributed by atoms with Gasteiger partial charge in [0.05, 0.1) is 11.5 Å². The van der Waals surface area contributed by atoms with E-state index in [0.29, 0.717) is 12.8 Å². The van der Waals surface area contributed by atoms with E-state index >= 15 is 0 Å². The van der Waals surface area contributed by atoms with Crippen LogP contribution in [0.5, 0.6) is 0 Å². The average molecular weight is 309 g/mol. The van der Waals surface area contributed by atoms with Gasteiger partial charge in [0.25, 0.3) is 0 Å². The Hall–Kier alpha value is -0.910. The molecule has 0 radical (unpaired) electrons. The number of hydrogen-bond acceptors (Lipinski definition) is 4. The number of rotatable bonds is 4. The lowest BCUT2D eigenvalue weighted by Gasteiger charge is -2.28. The van der Waals surface area contributed by atoms with Gasteiger partial charge >= 0.3 is 0 Å². The van der Waals surface area contributed by atoms with Gasteiger partial charge in [0.15, 0.2) is 0 Å². The Morgan fingerprint density at radius 3 is 2.71 bits per heavy atom. The molecule has 2 saturated carbocycles. The Morgan fingerprint density at radius 2 is 2.14 bits per heavy atom. The van der Waals surface area contributed by atoms with Gasteiger partial charge < -0.3 is 15.5 Å². The number of amides is 1. The molecule has 0 aliphatic heterocycles. The Labute approximate surface area is 129 Å². The summed E-state index contributed by atoms with van der Waals surface area (Å²) in [5, 5.41) is 24.3. The maximum absolute atomic E-state index is 12.9. The summed E-state index contributed by atoms with van der Waals surface area (Å²) in [5.41, 5.74) is -0.365. The van der Waals surface area contributed by atoms with Crippen LogP contribution in [0, 0.1) is 5.92 Å². The van der Waals surface area contributed by atoms with Crippen LogP contribution in [0.1, 0.15) is 43.4 Å². The molecule has 1 heterocycles. The highest BCUT2D eigenvalue weighted by Crippen LogP contribution is 2.43. The first-order chi connectivity index (χ1) is 10.2. The topological polar surface area (TPSA) is 69.6 Å². The predicted molar refractivity (Wildman–Crippen MR) is 82.2 cm³/mol. The van der Waals surface area contributed by atoms with Crippen molar-refractivity contribution in [3.05, 3.63) is 22.4 Å². The zero-order valence-corrected chi connectivity index (χ0v) is 12.9. The largest absolute Gasteiger partial charge is 0.396 e. The van der Waals surface area contributed by atoms with Crippen LogP contribution >= 0.6 is 11.3 Å². The summed E-state index contributed by atoms with van der Waals surface area (Å²) in [6.07, 6.45) is 4.74. The highest BCUT2D eigenvalue weighted by molar-refractivity contribution is 7.10. The van der Waals surface area contributed by atoms with Gasteiger partial charge in [-0.2, -0.15) is 0 Å². The molecule has 4 nitrogen and oxygen atoms in total. The standard InChI is InChI=1S/C16H23NO3S/c18-10-11-8-12(9-13(11)19)17-15(20)16(5-1-2-6-16)14-4-3-7-21-14/h3-4,7,11-13,18-19H,1-2,5-6,8-10H2,(H,17,20)/t11-,12+,13+/m0/s1. The first-order valence-electron chi connectivity index (χ1n) is 7.79. The molecule has 3 atom stereocenters. The van der Waals surface area contributed by atoms with Gasteiger partial charge in [0.1, 0.15) is 0 Å². The minimum atomic E-state index is -0.499. The highest BCUT2D eigenvalue weighted by atomic mass is 32.1. The van der Waals surface area contributed by atoms with Crippen molar-refractivity contribution in [2.45, 2.75) is 56.1 Å². The smallest absolute Gasteiger partial charge is 0.231 e. The normalized spacial score (nSPS) is 31.4. The van der Waals surface area contributed by atoms with E-state index in [0.717, 1.165) is 30.6 Å². The van der Waals surface area contributed by atoms with Crippen molar-refractivity contribution >= 4 is 17.2 Å². The third-order valence-corrected chi connectivity index (χ3v) is 6.19. The van der Waals surface area contributed by atoms with E-state index in [2.05, 4.69) is 11.4 Å². The summed E-state index contributed by atoms with van der Waals surface area (Å²) in [6.45, 7) is -0.0103. The molecule has 2 fully saturated rings. The zero-order valence-electron chi connectivity index (χ0n) is 12.1. The molecule has 21 heavy (non-hydrogen) atoms. The number of aliphatic hydroxyl groups excluding tert-OH is 2. The molecule has 1 aromatic rings. The van der Waals surface area contributed by atoms with Crippen molar-refractivity contribution < 1.29 is 15.0 Å². The molecule has 0 saturated heterocycles. The molecule has 2 aliphatic carbocycles. The molecule has 0 aromatic carbocycles. The summed E-state index contributed by atoms with van der Waals surface area (Å²) in [5.74, 6) is 0.00908. The van der Waals surface area contributed by atoms with Crippen LogP contribution in [0.25, 0.3) is 0 Å². The maximum atomic E-state index is 12.9. The lowest BCUT2D eigenvalue weighted by Crippen LogP contribution is -2.46. The lowest BCUT2D eigenvalue weighted by molar-refractivity contribution is -0.127. The Bertz CT molecular complexity index is 482. The molecule has 2 aliphatic rings. The fraction of sp³-hybridized carbons (Fsp3) is 0.688. The average Bonchev–Trinajstić information content (AvgIpc) is 3.19. The predicted octanol–water partition coefficient (Wildman–Crippen LogP) is 1.81. The van der Waals surface area contributed by atoms with E-state index in [4.69, 9.17) is 0 Å². The van der Waals surface area contributed by atoms with Crippen molar-refractivity contribution in [1.29, 1.82) is 0 Å². The Morgan fingerprint density at radius 1 is 1.38 bits per heavy atom. The number of aliphatic hydroxyl groups is 2. The van der Waals surface area contributed by atoms with Gasteiger partial charge in [0, 0.05) is 23.4 Å². The number of carbonyl (C=O) groups excluding carboxylic acids is 1. The van der Waals surface area contributed by atoms with Crippen LogP contribution in [0.4, 0.5) is 0 Å². The van der Waals surface area contributed by atoms with E-state index in [9.17, 15) is 15.0 Å². The van der Waals surface area contributed by atoms with E-state index < -0.39 is 6.10 Å². The molecule has 116 valence electrons. The van der Waals surface area contributed by atoms with Gasteiger partial charge in [-0.1, -0.05) is 18.9 Å². The zero-order chi connectivity index (χ0) is 14.9. The lowest BCUT2D eigenvalue weighted by atomic mass is 9.83. The van der Waals surface area contributed by atoms with E-state index in [1.807, 2.05) is 11.4 Å². The van der Waals surface area contributed by atoms with Crippen molar-refractivity contribution in [2.75, 3.05) is 6.61 Å². The molecule has 5 heteroatoms. The molecular weight excluding hydrogens is 286 g/mol. The SMILES string of the molecule is O=C(N[C@@H]1C[C@@H](CO)[C@H](O)C1)C1(c2cccs2)CCCC1. The van der Waals surface area contributed by atoms with Crippen molar-refractivity contribution in [2.24, 2.45) is 5.92 Å². The minimum Gasteiger partial charge on any atom is -0.396 e. The fourth-order valence-corrected chi connectivity index (χ4v) is 4.84. The highest BCUT2D eigenvalue weighted by Gasteiger charge is 2.45. The Balaban J connectivity index is 1.72. The van der Waals surface area contributed by atoms with Gasteiger partial charge in [-0.05, 0) is 37.1 Å². The third-order valence-electron chi connectivity index (χ3n) is 5.11. The molecule has 0 bridgehead atoms. The molecule has 3 rings (SSSR count). The monoisotopic (exact) mass is 309 g/mol. The third kappa shape index (κ3) is 2.74. The molecule has 1 aromatic heterocycles. The second-order valence-electron chi connectivity index (χ2n) is 6.42. The maximum Gasteiger partial charge on any atom is 0.231 e. The first kappa shape index (κ1) is 15.0. The Kier molecular flexibility index (Phi) is 4.33. The van der Waals surface area contributed by atoms with Crippen molar-refractivity contribution in [3.8, 4) is 0 Å². The van der Waals surface area contributed by atoms with Gasteiger partial charge in [-0.15, -0.1) is 11.3 Å². The van der Waals surface area contributed by atoms with Crippen LogP contribution in [0.3, 0.4) is 0 Å². The van der Waals surface area contributed by atoms with Crippen molar-refractivity contribution in [1.82, 2.24) is 5.32 Å². The number of thiophene rings is 1. The van der Waals surface area contributed by atoms with Crippen LogP contribution in [0.15, 0.2) is 17.5 Å². The summed E-state index contributed by atoms with van der Waals surface area (Å²) in [4.78, 5) is 14.0. The molecule has 1 amide bonds. The molecule has 0 unspecified atom stereocenters. The summed E-state index contributed by atoms with van der Waals surface area (Å²) >= 11 is 1.66. The number of hydrogen-bond donors (Lipinski definition) is 3. The summed E-state index contributed by atoms with van der Waals surface area (Å²) < 4.78 is 0. The van der Waals surface area contributed by atoms with Crippen molar-refractivity contribution in [3.63, 3.8) is 0 Å². The summed E-state index contributed by atoms with van der Waals surface area (Å²) in [7, 11) is 0. The van der Waals surface area contributed by atoms with Gasteiger partial charge in [0.2, 0.25) is 5.91 Å². The van der Waals surface area contributed by atoms with E-state index in [1.165, 1.54) is 0 Å².